The van der Waals surface area contributed by atoms with Crippen molar-refractivity contribution in [3.05, 3.63) is 54.2 Å². The van der Waals surface area contributed by atoms with Gasteiger partial charge >= 0.3 is 0 Å². The highest BCUT2D eigenvalue weighted by Crippen LogP contribution is 2.28. The summed E-state index contributed by atoms with van der Waals surface area (Å²) in [7, 11) is 0. The smallest absolute Gasteiger partial charge is 0.272 e. The van der Waals surface area contributed by atoms with E-state index in [1.165, 1.54) is 0 Å². The molecule has 0 spiro atoms. The number of amides is 1. The third kappa shape index (κ3) is 2.88. The molecule has 0 aliphatic carbocycles. The van der Waals surface area contributed by atoms with Gasteiger partial charge in [-0.05, 0) is 37.1 Å². The van der Waals surface area contributed by atoms with E-state index < -0.39 is 0 Å². The van der Waals surface area contributed by atoms with Crippen molar-refractivity contribution in [3.8, 4) is 0 Å². The van der Waals surface area contributed by atoms with Crippen molar-refractivity contribution < 1.29 is 4.79 Å². The maximum absolute atomic E-state index is 12.7. The first-order chi connectivity index (χ1) is 12.3. The lowest BCUT2D eigenvalue weighted by Crippen LogP contribution is -2.30. The van der Waals surface area contributed by atoms with E-state index in [0.717, 1.165) is 42.8 Å². The van der Waals surface area contributed by atoms with Gasteiger partial charge in [0.15, 0.2) is 5.65 Å². The van der Waals surface area contributed by atoms with Crippen LogP contribution < -0.4 is 0 Å². The van der Waals surface area contributed by atoms with Crippen molar-refractivity contribution in [1.82, 2.24) is 24.4 Å². The first kappa shape index (κ1) is 15.7. The summed E-state index contributed by atoms with van der Waals surface area (Å²) in [4.78, 5) is 28.0. The Morgan fingerprint density at radius 2 is 2.08 bits per heavy atom. The van der Waals surface area contributed by atoms with Gasteiger partial charge in [0.25, 0.3) is 5.91 Å². The summed E-state index contributed by atoms with van der Waals surface area (Å²) in [5.74, 6) is 1.06. The van der Waals surface area contributed by atoms with E-state index in [2.05, 4.69) is 21.5 Å². The summed E-state index contributed by atoms with van der Waals surface area (Å²) in [6.45, 7) is 3.56. The molecule has 25 heavy (non-hydrogen) atoms. The fourth-order valence-electron chi connectivity index (χ4n) is 3.55. The Labute approximate surface area is 146 Å². The topological polar surface area (TPSA) is 63.9 Å². The molecular formula is C19H21N5O. The number of hydrogen-bond donors (Lipinski definition) is 0. The molecule has 128 valence electrons. The van der Waals surface area contributed by atoms with Gasteiger partial charge in [-0.1, -0.05) is 13.0 Å². The lowest BCUT2D eigenvalue weighted by Gasteiger charge is -2.18. The van der Waals surface area contributed by atoms with Crippen LogP contribution in [-0.2, 0) is 6.42 Å². The van der Waals surface area contributed by atoms with Gasteiger partial charge in [-0.25, -0.2) is 9.97 Å². The van der Waals surface area contributed by atoms with E-state index in [1.54, 1.807) is 12.3 Å². The molecule has 1 fully saturated rings. The molecule has 0 aromatic carbocycles. The van der Waals surface area contributed by atoms with E-state index >= 15 is 0 Å². The zero-order valence-electron chi connectivity index (χ0n) is 14.3. The van der Waals surface area contributed by atoms with Crippen LogP contribution in [0.5, 0.6) is 0 Å². The normalized spacial score (nSPS) is 17.3. The number of imidazole rings is 1. The van der Waals surface area contributed by atoms with Crippen molar-refractivity contribution in [1.29, 1.82) is 0 Å². The minimum Gasteiger partial charge on any atom is -0.335 e. The number of likely N-dealkylation sites (tertiary alicyclic amines) is 1. The number of aromatic nitrogens is 4. The van der Waals surface area contributed by atoms with Gasteiger partial charge in [0.05, 0.1) is 6.04 Å². The highest BCUT2D eigenvalue weighted by molar-refractivity contribution is 5.92. The zero-order valence-corrected chi connectivity index (χ0v) is 14.3. The number of carbonyl (C=O) groups is 1. The Balaban J connectivity index is 1.62. The van der Waals surface area contributed by atoms with Crippen LogP contribution in [0.15, 0.2) is 42.7 Å². The number of rotatable bonds is 4. The Morgan fingerprint density at radius 3 is 2.88 bits per heavy atom. The van der Waals surface area contributed by atoms with Crippen LogP contribution in [0, 0.1) is 0 Å². The summed E-state index contributed by atoms with van der Waals surface area (Å²) < 4.78 is 2.24. The van der Waals surface area contributed by atoms with E-state index in [1.807, 2.05) is 35.4 Å². The third-order valence-electron chi connectivity index (χ3n) is 4.70. The van der Waals surface area contributed by atoms with Crippen molar-refractivity contribution in [2.75, 3.05) is 13.1 Å². The second-order valence-corrected chi connectivity index (χ2v) is 6.40. The summed E-state index contributed by atoms with van der Waals surface area (Å²) in [6.07, 6.45) is 6.33. The van der Waals surface area contributed by atoms with Crippen molar-refractivity contribution in [2.45, 2.75) is 32.2 Å². The fourth-order valence-corrected chi connectivity index (χ4v) is 3.55. The van der Waals surface area contributed by atoms with E-state index in [4.69, 9.17) is 4.98 Å². The molecule has 4 heterocycles. The van der Waals surface area contributed by atoms with Gasteiger partial charge in [0.1, 0.15) is 17.0 Å². The molecule has 6 nitrogen and oxygen atoms in total. The number of carbonyl (C=O) groups excluding carboxylic acids is 1. The average molecular weight is 335 g/mol. The third-order valence-corrected chi connectivity index (χ3v) is 4.70. The molecule has 1 unspecified atom stereocenters. The molecule has 1 amide bonds. The maximum Gasteiger partial charge on any atom is 0.272 e. The monoisotopic (exact) mass is 335 g/mol. The van der Waals surface area contributed by atoms with E-state index in [0.29, 0.717) is 12.2 Å². The second-order valence-electron chi connectivity index (χ2n) is 6.40. The van der Waals surface area contributed by atoms with Gasteiger partial charge in [-0.3, -0.25) is 9.78 Å². The van der Waals surface area contributed by atoms with Gasteiger partial charge < -0.3 is 9.47 Å². The highest BCUT2D eigenvalue weighted by Gasteiger charge is 2.31. The number of nitrogens with zero attached hydrogens (tertiary/aromatic N) is 5. The number of aryl methyl sites for hydroxylation is 1. The molecule has 0 bridgehead atoms. The lowest BCUT2D eigenvalue weighted by molar-refractivity contribution is 0.0782. The lowest BCUT2D eigenvalue weighted by atomic mass is 10.2. The molecule has 0 N–H and O–H groups in total. The zero-order chi connectivity index (χ0) is 17.2. The number of hydrogen-bond acceptors (Lipinski definition) is 4. The van der Waals surface area contributed by atoms with Crippen LogP contribution in [0.1, 0.15) is 42.1 Å². The van der Waals surface area contributed by atoms with E-state index in [-0.39, 0.29) is 11.9 Å². The quantitative estimate of drug-likeness (QED) is 0.735. The summed E-state index contributed by atoms with van der Waals surface area (Å²) in [5, 5.41) is 0. The van der Waals surface area contributed by atoms with Gasteiger partial charge in [0.2, 0.25) is 0 Å². The molecule has 0 saturated carbocycles. The van der Waals surface area contributed by atoms with Gasteiger partial charge in [0, 0.05) is 31.9 Å². The SMILES string of the molecule is CCCc1nc2cccnc2n1C1CCN(C(=O)c2ccccn2)C1. The van der Waals surface area contributed by atoms with Crippen molar-refractivity contribution in [3.63, 3.8) is 0 Å². The standard InChI is InChI=1S/C19H21N5O/c1-2-6-17-22-15-8-5-11-21-18(15)24(17)14-9-12-23(13-14)19(25)16-7-3-4-10-20-16/h3-5,7-8,10-11,14H,2,6,9,12-13H2,1H3. The van der Waals surface area contributed by atoms with Crippen LogP contribution in [0.2, 0.25) is 0 Å². The maximum atomic E-state index is 12.7. The van der Waals surface area contributed by atoms with Crippen LogP contribution >= 0.6 is 0 Å². The molecule has 1 atom stereocenters. The van der Waals surface area contributed by atoms with Gasteiger partial charge in [-0.2, -0.15) is 0 Å². The molecule has 0 radical (unpaired) electrons. The molecule has 1 aliphatic heterocycles. The molecular weight excluding hydrogens is 314 g/mol. The first-order valence-electron chi connectivity index (χ1n) is 8.80. The molecule has 4 rings (SSSR count). The summed E-state index contributed by atoms with van der Waals surface area (Å²) in [6, 6.07) is 9.58. The molecule has 1 aliphatic rings. The highest BCUT2D eigenvalue weighted by atomic mass is 16.2. The van der Waals surface area contributed by atoms with Gasteiger partial charge in [-0.15, -0.1) is 0 Å². The Morgan fingerprint density at radius 1 is 1.20 bits per heavy atom. The molecule has 1 saturated heterocycles. The minimum absolute atomic E-state index is 0.00229. The molecule has 3 aromatic heterocycles. The number of fused-ring (bicyclic) bond motifs is 1. The van der Waals surface area contributed by atoms with Crippen molar-refractivity contribution in [2.24, 2.45) is 0 Å². The minimum atomic E-state index is -0.00229. The molecule has 6 heteroatoms. The predicted octanol–water partition coefficient (Wildman–Crippen LogP) is 2.87. The summed E-state index contributed by atoms with van der Waals surface area (Å²) >= 11 is 0. The molecule has 3 aromatic rings. The first-order valence-corrected chi connectivity index (χ1v) is 8.80. The van der Waals surface area contributed by atoms with Crippen LogP contribution in [0.3, 0.4) is 0 Å². The average Bonchev–Trinajstić information content (AvgIpc) is 3.26. The Bertz CT molecular complexity index is 889. The Hall–Kier alpha value is -2.76. The van der Waals surface area contributed by atoms with Crippen LogP contribution in [-0.4, -0.2) is 43.4 Å². The number of pyridine rings is 2. The van der Waals surface area contributed by atoms with E-state index in [9.17, 15) is 4.79 Å². The van der Waals surface area contributed by atoms with Crippen molar-refractivity contribution >= 4 is 17.1 Å². The largest absolute Gasteiger partial charge is 0.335 e. The Kier molecular flexibility index (Phi) is 4.17. The summed E-state index contributed by atoms with van der Waals surface area (Å²) in [5.41, 5.74) is 2.36. The van der Waals surface area contributed by atoms with Crippen LogP contribution in [0.25, 0.3) is 11.2 Å². The second kappa shape index (κ2) is 6.63. The predicted molar refractivity (Wildman–Crippen MR) is 95.3 cm³/mol. The van der Waals surface area contributed by atoms with Crippen LogP contribution in [0.4, 0.5) is 0 Å². The fraction of sp³-hybridized carbons (Fsp3) is 0.368.